The van der Waals surface area contributed by atoms with Crippen LogP contribution in [-0.2, 0) is 4.84 Å². The number of nitrogens with one attached hydrogen (secondary N) is 1. The van der Waals surface area contributed by atoms with E-state index in [0.29, 0.717) is 0 Å². The Labute approximate surface area is 60.4 Å². The van der Waals surface area contributed by atoms with Crippen molar-refractivity contribution in [3.05, 3.63) is 11.8 Å². The number of hydroxylamine groups is 1. The molecule has 0 fully saturated rings. The van der Waals surface area contributed by atoms with Gasteiger partial charge in [0.15, 0.2) is 0 Å². The number of aliphatic hydroxyl groups excluding tert-OH is 1. The summed E-state index contributed by atoms with van der Waals surface area (Å²) in [4.78, 5) is 4.33. The smallest absolute Gasteiger partial charge is 0.393 e. The van der Waals surface area contributed by atoms with Gasteiger partial charge in [-0.15, -0.1) is 0 Å². The molecule has 0 saturated carbocycles. The third-order valence-electron chi connectivity index (χ3n) is 1.16. The molecule has 64 valence electrons. The fourth-order valence-corrected chi connectivity index (χ4v) is 0.635. The van der Waals surface area contributed by atoms with E-state index in [0.717, 1.165) is 6.08 Å². The minimum atomic E-state index is -4.43. The monoisotopic (exact) mass is 169 g/mol. The van der Waals surface area contributed by atoms with Crippen LogP contribution in [0.25, 0.3) is 0 Å². The van der Waals surface area contributed by atoms with Gasteiger partial charge in [0.2, 0.25) is 0 Å². The molecule has 1 aliphatic rings. The highest BCUT2D eigenvalue weighted by Gasteiger charge is 2.38. The van der Waals surface area contributed by atoms with E-state index in [4.69, 9.17) is 5.11 Å². The molecule has 0 aromatic carbocycles. The molecule has 11 heavy (non-hydrogen) atoms. The van der Waals surface area contributed by atoms with E-state index in [1.54, 1.807) is 5.48 Å². The van der Waals surface area contributed by atoms with Crippen molar-refractivity contribution in [1.29, 1.82) is 0 Å². The Kier molecular flexibility index (Phi) is 2.05. The van der Waals surface area contributed by atoms with Crippen LogP contribution in [0.2, 0.25) is 0 Å². The number of rotatable bonds is 1. The van der Waals surface area contributed by atoms with E-state index in [-0.39, 0.29) is 0 Å². The highest BCUT2D eigenvalue weighted by Crippen LogP contribution is 2.26. The van der Waals surface area contributed by atoms with E-state index < -0.39 is 24.6 Å². The molecule has 1 heterocycles. The van der Waals surface area contributed by atoms with Gasteiger partial charge in [0.05, 0.1) is 6.61 Å². The molecule has 0 aliphatic carbocycles. The average Bonchev–Trinajstić information content (AvgIpc) is 2.32. The van der Waals surface area contributed by atoms with Crippen LogP contribution < -0.4 is 5.48 Å². The summed E-state index contributed by atoms with van der Waals surface area (Å²) in [7, 11) is 0. The second-order valence-electron chi connectivity index (χ2n) is 2.02. The lowest BCUT2D eigenvalue weighted by molar-refractivity contribution is -0.111. The molecule has 1 atom stereocenters. The van der Waals surface area contributed by atoms with Crippen LogP contribution in [0.5, 0.6) is 0 Å². The summed E-state index contributed by atoms with van der Waals surface area (Å²) in [6, 6.07) is 0. The number of hydrogen-bond acceptors (Lipinski definition) is 3. The lowest BCUT2D eigenvalue weighted by atomic mass is 10.3. The summed E-state index contributed by atoms with van der Waals surface area (Å²) < 4.78 is 35.3. The highest BCUT2D eigenvalue weighted by molar-refractivity contribution is 5.11. The van der Waals surface area contributed by atoms with Gasteiger partial charge in [0, 0.05) is 0 Å². The number of alkyl halides is 3. The first kappa shape index (κ1) is 8.35. The second-order valence-corrected chi connectivity index (χ2v) is 2.02. The molecule has 0 saturated heterocycles. The Morgan fingerprint density at radius 3 is 2.55 bits per heavy atom. The van der Waals surface area contributed by atoms with Crippen molar-refractivity contribution in [3.8, 4) is 0 Å². The SMILES string of the molecule is OCC1C=C(C(F)(F)F)NO1. The average molecular weight is 169 g/mol. The van der Waals surface area contributed by atoms with Crippen LogP contribution in [0.1, 0.15) is 0 Å². The molecule has 1 unspecified atom stereocenters. The zero-order valence-corrected chi connectivity index (χ0v) is 5.35. The first-order chi connectivity index (χ1) is 5.04. The van der Waals surface area contributed by atoms with Crippen molar-refractivity contribution in [1.82, 2.24) is 5.48 Å². The normalized spacial score (nSPS) is 24.7. The lowest BCUT2D eigenvalue weighted by Gasteiger charge is -2.06. The maximum atomic E-state index is 11.8. The lowest BCUT2D eigenvalue weighted by Crippen LogP contribution is -2.22. The first-order valence-electron chi connectivity index (χ1n) is 2.85. The quantitative estimate of drug-likeness (QED) is 0.594. The summed E-state index contributed by atoms with van der Waals surface area (Å²) in [6.07, 6.45) is -4.53. The van der Waals surface area contributed by atoms with Crippen molar-refractivity contribution in [2.24, 2.45) is 0 Å². The van der Waals surface area contributed by atoms with E-state index in [2.05, 4.69) is 4.84 Å². The maximum Gasteiger partial charge on any atom is 0.432 e. The highest BCUT2D eigenvalue weighted by atomic mass is 19.4. The Morgan fingerprint density at radius 1 is 1.64 bits per heavy atom. The molecule has 0 radical (unpaired) electrons. The largest absolute Gasteiger partial charge is 0.432 e. The number of hydrogen-bond donors (Lipinski definition) is 2. The third kappa shape index (κ3) is 1.84. The molecule has 0 aromatic rings. The fourth-order valence-electron chi connectivity index (χ4n) is 0.635. The summed E-state index contributed by atoms with van der Waals surface area (Å²) in [5, 5.41) is 8.37. The molecule has 0 aromatic heterocycles. The Bertz CT molecular complexity index is 177. The van der Waals surface area contributed by atoms with Crippen molar-refractivity contribution in [2.75, 3.05) is 6.61 Å². The fraction of sp³-hybridized carbons (Fsp3) is 0.600. The molecule has 1 aliphatic heterocycles. The molecule has 3 nitrogen and oxygen atoms in total. The minimum Gasteiger partial charge on any atom is -0.393 e. The van der Waals surface area contributed by atoms with Crippen LogP contribution in [-0.4, -0.2) is 24.0 Å². The van der Waals surface area contributed by atoms with Gasteiger partial charge in [-0.2, -0.15) is 13.2 Å². The van der Waals surface area contributed by atoms with Crippen LogP contribution in [0.15, 0.2) is 11.8 Å². The summed E-state index contributed by atoms with van der Waals surface area (Å²) in [6.45, 7) is -0.466. The predicted molar refractivity (Wildman–Crippen MR) is 29.2 cm³/mol. The minimum absolute atomic E-state index is 0.466. The van der Waals surface area contributed by atoms with Crippen LogP contribution in [0.3, 0.4) is 0 Å². The van der Waals surface area contributed by atoms with Gasteiger partial charge in [-0.3, -0.25) is 10.3 Å². The van der Waals surface area contributed by atoms with Crippen LogP contribution in [0.4, 0.5) is 13.2 Å². The van der Waals surface area contributed by atoms with Crippen LogP contribution in [0, 0.1) is 0 Å². The Balaban J connectivity index is 2.62. The maximum absolute atomic E-state index is 11.8. The van der Waals surface area contributed by atoms with Crippen molar-refractivity contribution in [2.45, 2.75) is 12.3 Å². The molecular weight excluding hydrogens is 163 g/mol. The van der Waals surface area contributed by atoms with E-state index in [1.807, 2.05) is 0 Å². The summed E-state index contributed by atoms with van der Waals surface area (Å²) in [5.74, 6) is 0. The van der Waals surface area contributed by atoms with Gasteiger partial charge in [-0.05, 0) is 6.08 Å². The van der Waals surface area contributed by atoms with Gasteiger partial charge in [0.1, 0.15) is 11.8 Å². The molecule has 6 heteroatoms. The Morgan fingerprint density at radius 2 is 2.27 bits per heavy atom. The van der Waals surface area contributed by atoms with E-state index in [9.17, 15) is 13.2 Å². The molecular formula is C5H6F3NO2. The van der Waals surface area contributed by atoms with Crippen molar-refractivity contribution >= 4 is 0 Å². The van der Waals surface area contributed by atoms with Crippen molar-refractivity contribution in [3.63, 3.8) is 0 Å². The second kappa shape index (κ2) is 2.71. The van der Waals surface area contributed by atoms with Gasteiger partial charge >= 0.3 is 6.18 Å². The first-order valence-corrected chi connectivity index (χ1v) is 2.85. The third-order valence-corrected chi connectivity index (χ3v) is 1.16. The predicted octanol–water partition coefficient (Wildman–Crippen LogP) is 0.328. The van der Waals surface area contributed by atoms with Crippen LogP contribution >= 0.6 is 0 Å². The molecule has 2 N–H and O–H groups in total. The number of allylic oxidation sites excluding steroid dienone is 1. The zero-order valence-electron chi connectivity index (χ0n) is 5.35. The van der Waals surface area contributed by atoms with E-state index >= 15 is 0 Å². The van der Waals surface area contributed by atoms with Gasteiger partial charge in [-0.25, -0.2) is 0 Å². The molecule has 0 amide bonds. The van der Waals surface area contributed by atoms with E-state index in [1.165, 1.54) is 0 Å². The van der Waals surface area contributed by atoms with Gasteiger partial charge in [0.25, 0.3) is 0 Å². The summed E-state index contributed by atoms with van der Waals surface area (Å²) >= 11 is 0. The zero-order chi connectivity index (χ0) is 8.48. The number of halogens is 3. The standard InChI is InChI=1S/C5H6F3NO2/c6-5(7,8)4-1-3(2-10)11-9-4/h1,3,9-10H,2H2. The van der Waals surface area contributed by atoms with Gasteiger partial charge in [-0.1, -0.05) is 0 Å². The topological polar surface area (TPSA) is 41.5 Å². The summed E-state index contributed by atoms with van der Waals surface area (Å²) in [5.41, 5.74) is 0.712. The van der Waals surface area contributed by atoms with Gasteiger partial charge < -0.3 is 5.11 Å². The van der Waals surface area contributed by atoms with Crippen molar-refractivity contribution < 1.29 is 23.1 Å². The molecule has 0 spiro atoms. The molecule has 0 bridgehead atoms. The Hall–Kier alpha value is -0.750. The number of aliphatic hydroxyl groups is 1. The molecule has 1 rings (SSSR count).